The molecule has 0 spiro atoms. The first-order chi connectivity index (χ1) is 11.4. The summed E-state index contributed by atoms with van der Waals surface area (Å²) < 4.78 is 6.10. The van der Waals surface area contributed by atoms with Crippen LogP contribution in [0.5, 0.6) is 5.75 Å². The monoisotopic (exact) mass is 356 g/mol. The average Bonchev–Trinajstić information content (AvgIpc) is 2.92. The predicted octanol–water partition coefficient (Wildman–Crippen LogP) is 5.55. The Hall–Kier alpha value is -1.28. The van der Waals surface area contributed by atoms with E-state index in [-0.39, 0.29) is 10.8 Å². The normalized spacial score (nSPS) is 15.5. The Bertz CT molecular complexity index is 727. The fourth-order valence-electron chi connectivity index (χ4n) is 4.20. The molecule has 2 heteroatoms. The van der Waals surface area contributed by atoms with Gasteiger partial charge < -0.3 is 4.74 Å². The van der Waals surface area contributed by atoms with Crippen LogP contribution in [0.4, 0.5) is 0 Å². The number of allylic oxidation sites excluding steroid dienone is 4. The molecule has 0 unspecified atom stereocenters. The maximum Gasteiger partial charge on any atom is 0.126 e. The summed E-state index contributed by atoms with van der Waals surface area (Å²) in [5.41, 5.74) is 7.22. The fourth-order valence-corrected chi connectivity index (χ4v) is 6.26. The number of benzene rings is 1. The van der Waals surface area contributed by atoms with E-state index in [1.165, 1.54) is 27.8 Å². The number of aryl methyl sites for hydroxylation is 1. The second kappa shape index (κ2) is 6.79. The molecule has 1 aliphatic rings. The molecule has 0 N–H and O–H groups in total. The van der Waals surface area contributed by atoms with E-state index in [0.717, 1.165) is 12.2 Å². The second-order valence-electron chi connectivity index (χ2n) is 9.47. The van der Waals surface area contributed by atoms with Crippen molar-refractivity contribution in [2.75, 3.05) is 7.11 Å². The van der Waals surface area contributed by atoms with Crippen molar-refractivity contribution in [2.24, 2.45) is 0 Å². The molecule has 138 valence electrons. The first kappa shape index (κ1) is 20.0. The highest BCUT2D eigenvalue weighted by Gasteiger charge is 2.36. The highest BCUT2D eigenvalue weighted by Crippen LogP contribution is 2.45. The van der Waals surface area contributed by atoms with Gasteiger partial charge in [0.05, 0.1) is 15.9 Å². The predicted molar refractivity (Wildman–Crippen MR) is 114 cm³/mol. The second-order valence-corrected chi connectivity index (χ2v) is 12.4. The third-order valence-corrected chi connectivity index (χ3v) is 7.48. The smallest absolute Gasteiger partial charge is 0.126 e. The van der Waals surface area contributed by atoms with Gasteiger partial charge in [-0.1, -0.05) is 87.8 Å². The van der Waals surface area contributed by atoms with Crippen LogP contribution in [-0.4, -0.2) is 15.9 Å². The molecule has 1 aromatic carbocycles. The maximum absolute atomic E-state index is 6.10. The van der Waals surface area contributed by atoms with Crippen LogP contribution in [0.15, 0.2) is 29.4 Å². The largest absolute Gasteiger partial charge is 0.496 e. The minimum absolute atomic E-state index is 0.0156. The fraction of sp³-hybridized carbons (Fsp3) is 0.565. The van der Waals surface area contributed by atoms with E-state index in [1.807, 2.05) is 7.11 Å². The number of ether oxygens (including phenoxy) is 1. The van der Waals surface area contributed by atoms with Crippen molar-refractivity contribution in [1.82, 2.24) is 0 Å². The third-order valence-electron chi connectivity index (χ3n) is 5.58. The summed E-state index contributed by atoms with van der Waals surface area (Å²) in [6, 6.07) is 2.38. The zero-order valence-corrected chi connectivity index (χ0v) is 19.1. The lowest BCUT2D eigenvalue weighted by molar-refractivity contribution is 0.384. The van der Waals surface area contributed by atoms with Crippen LogP contribution in [-0.2, 0) is 10.8 Å². The van der Waals surface area contributed by atoms with Crippen molar-refractivity contribution >= 4 is 14.0 Å². The number of hydrogen-bond acceptors (Lipinski definition) is 1. The molecule has 0 atom stereocenters. The van der Waals surface area contributed by atoms with Gasteiger partial charge in [0.2, 0.25) is 0 Å². The minimum atomic E-state index is -1.01. The summed E-state index contributed by atoms with van der Waals surface area (Å²) in [6.07, 6.45) is 5.68. The van der Waals surface area contributed by atoms with Crippen molar-refractivity contribution in [3.63, 3.8) is 0 Å². The third kappa shape index (κ3) is 3.65. The Kier molecular flexibility index (Phi) is 5.44. The molecule has 1 nitrogen and oxygen atoms in total. The molecule has 1 aromatic rings. The molecule has 0 saturated carbocycles. The zero-order chi connectivity index (χ0) is 19.2. The topological polar surface area (TPSA) is 9.23 Å². The molecule has 0 radical (unpaired) electrons. The molecule has 0 aliphatic heterocycles. The van der Waals surface area contributed by atoms with E-state index in [9.17, 15) is 0 Å². The zero-order valence-electron chi connectivity index (χ0n) is 17.9. The molecule has 0 amide bonds. The Balaban J connectivity index is 2.84. The van der Waals surface area contributed by atoms with Crippen LogP contribution in [0.2, 0.25) is 13.1 Å². The van der Waals surface area contributed by atoms with Crippen molar-refractivity contribution in [3.8, 4) is 5.75 Å². The molecule has 0 aromatic heterocycles. The summed E-state index contributed by atoms with van der Waals surface area (Å²) in [7, 11) is 0.838. The molecule has 0 saturated heterocycles. The Morgan fingerprint density at radius 1 is 1.00 bits per heavy atom. The summed E-state index contributed by atoms with van der Waals surface area (Å²) in [4.78, 5) is 0. The lowest BCUT2D eigenvalue weighted by Crippen LogP contribution is -2.38. The van der Waals surface area contributed by atoms with Gasteiger partial charge in [-0.05, 0) is 25.7 Å². The number of methoxy groups -OCH3 is 1. The first-order valence-corrected chi connectivity index (χ1v) is 12.4. The summed E-state index contributed by atoms with van der Waals surface area (Å²) in [5.74, 6) is 1.12. The van der Waals surface area contributed by atoms with E-state index in [2.05, 4.69) is 79.8 Å². The molecule has 0 bridgehead atoms. The molecular formula is C23H36OSi. The van der Waals surface area contributed by atoms with E-state index in [4.69, 9.17) is 4.74 Å². The standard InChI is InChI=1S/C23H36OSi/c1-15-11-12-17(13-15)23(6,7)19-20(24-8)18(22(3,4)5)14-16(2)21(19)25(9)10/h11-12,14,25H,13H2,1-10H3. The quantitative estimate of drug-likeness (QED) is 0.643. The highest BCUT2D eigenvalue weighted by atomic mass is 28.3. The molecule has 2 rings (SSSR count). The Morgan fingerprint density at radius 2 is 1.60 bits per heavy atom. The van der Waals surface area contributed by atoms with Gasteiger partial charge in [-0.15, -0.1) is 0 Å². The van der Waals surface area contributed by atoms with Gasteiger partial charge in [0.15, 0.2) is 0 Å². The number of rotatable bonds is 4. The van der Waals surface area contributed by atoms with Crippen LogP contribution in [0.25, 0.3) is 0 Å². The Morgan fingerprint density at radius 3 is 2.00 bits per heavy atom. The van der Waals surface area contributed by atoms with Crippen LogP contribution < -0.4 is 9.92 Å². The molecule has 1 aliphatic carbocycles. The lowest BCUT2D eigenvalue weighted by atomic mass is 9.73. The van der Waals surface area contributed by atoms with Crippen molar-refractivity contribution in [3.05, 3.63) is 46.1 Å². The highest BCUT2D eigenvalue weighted by molar-refractivity contribution is 6.71. The van der Waals surface area contributed by atoms with Gasteiger partial charge in [-0.3, -0.25) is 0 Å². The van der Waals surface area contributed by atoms with Crippen LogP contribution >= 0.6 is 0 Å². The van der Waals surface area contributed by atoms with Gasteiger partial charge in [0.1, 0.15) is 5.75 Å². The molecule has 0 heterocycles. The number of hydrogen-bond donors (Lipinski definition) is 0. The molecule has 0 fully saturated rings. The van der Waals surface area contributed by atoms with Gasteiger partial charge in [0, 0.05) is 16.5 Å². The molecule has 25 heavy (non-hydrogen) atoms. The van der Waals surface area contributed by atoms with Crippen molar-refractivity contribution < 1.29 is 4.74 Å². The van der Waals surface area contributed by atoms with Gasteiger partial charge in [-0.2, -0.15) is 0 Å². The minimum Gasteiger partial charge on any atom is -0.496 e. The average molecular weight is 357 g/mol. The van der Waals surface area contributed by atoms with E-state index in [0.29, 0.717) is 0 Å². The lowest BCUT2D eigenvalue weighted by Gasteiger charge is -2.36. The van der Waals surface area contributed by atoms with E-state index >= 15 is 0 Å². The van der Waals surface area contributed by atoms with Crippen molar-refractivity contribution in [1.29, 1.82) is 0 Å². The van der Waals surface area contributed by atoms with Crippen LogP contribution in [0.3, 0.4) is 0 Å². The SMILES string of the molecule is COc1c(C(C)(C)C)cc(C)c([SiH](C)C)c1C(C)(C)C1=CC=C(C)C1. The van der Waals surface area contributed by atoms with Gasteiger partial charge in [-0.25, -0.2) is 0 Å². The first-order valence-electron chi connectivity index (χ1n) is 9.50. The Labute approximate surface area is 156 Å². The van der Waals surface area contributed by atoms with E-state index < -0.39 is 8.80 Å². The maximum atomic E-state index is 6.10. The van der Waals surface area contributed by atoms with Crippen LogP contribution in [0, 0.1) is 6.92 Å². The summed E-state index contributed by atoms with van der Waals surface area (Å²) in [6.45, 7) is 21.0. The van der Waals surface area contributed by atoms with Crippen LogP contribution in [0.1, 0.15) is 64.7 Å². The van der Waals surface area contributed by atoms with Gasteiger partial charge >= 0.3 is 0 Å². The van der Waals surface area contributed by atoms with Crippen molar-refractivity contribution in [2.45, 2.75) is 78.8 Å². The van der Waals surface area contributed by atoms with Gasteiger partial charge in [0.25, 0.3) is 0 Å². The van der Waals surface area contributed by atoms with E-state index in [1.54, 1.807) is 5.19 Å². The summed E-state index contributed by atoms with van der Waals surface area (Å²) in [5, 5.41) is 1.58. The summed E-state index contributed by atoms with van der Waals surface area (Å²) >= 11 is 0. The molecular weight excluding hydrogens is 320 g/mol.